The first-order chi connectivity index (χ1) is 16.5. The van der Waals surface area contributed by atoms with E-state index in [1.165, 1.54) is 4.90 Å². The number of carbonyl (C=O) groups is 4. The lowest BCUT2D eigenvalue weighted by molar-refractivity contribution is -0.159. The molecule has 3 aliphatic rings. The lowest BCUT2D eigenvalue weighted by atomic mass is 9.95. The van der Waals surface area contributed by atoms with E-state index in [4.69, 9.17) is 9.47 Å². The molecular weight excluding hydrogens is 452 g/mol. The van der Waals surface area contributed by atoms with Gasteiger partial charge in [0, 0.05) is 24.8 Å². The van der Waals surface area contributed by atoms with E-state index in [9.17, 15) is 24.3 Å². The zero-order valence-corrected chi connectivity index (χ0v) is 21.4. The molecule has 0 aromatic carbocycles. The van der Waals surface area contributed by atoms with Crippen LogP contribution >= 0.6 is 0 Å². The van der Waals surface area contributed by atoms with Crippen molar-refractivity contribution in [3.05, 3.63) is 12.2 Å². The first-order valence-electron chi connectivity index (χ1n) is 12.8. The van der Waals surface area contributed by atoms with Gasteiger partial charge in [0.1, 0.15) is 17.2 Å². The number of hydrogen-bond acceptors (Lipinski definition) is 7. The van der Waals surface area contributed by atoms with Crippen LogP contribution < -0.4 is 5.32 Å². The Morgan fingerprint density at radius 3 is 2.66 bits per heavy atom. The van der Waals surface area contributed by atoms with Gasteiger partial charge in [0.25, 0.3) is 0 Å². The van der Waals surface area contributed by atoms with Crippen molar-refractivity contribution in [2.45, 2.75) is 102 Å². The van der Waals surface area contributed by atoms with Gasteiger partial charge < -0.3 is 24.8 Å². The van der Waals surface area contributed by atoms with Crippen LogP contribution in [-0.4, -0.2) is 70.2 Å². The summed E-state index contributed by atoms with van der Waals surface area (Å²) in [7, 11) is 0. The van der Waals surface area contributed by atoms with Crippen LogP contribution in [0.4, 0.5) is 0 Å². The third kappa shape index (κ3) is 6.84. The van der Waals surface area contributed by atoms with Crippen LogP contribution in [0.25, 0.3) is 0 Å². The second-order valence-electron chi connectivity index (χ2n) is 10.9. The number of nitrogens with zero attached hydrogens (tertiary/aromatic N) is 1. The Labute approximate surface area is 207 Å². The fraction of sp³-hybridized carbons (Fsp3) is 0.769. The Morgan fingerprint density at radius 2 is 1.97 bits per heavy atom. The fourth-order valence-corrected chi connectivity index (χ4v) is 5.04. The number of aliphatic hydroxyl groups excluding tert-OH is 1. The van der Waals surface area contributed by atoms with Crippen LogP contribution in [0.1, 0.15) is 79.1 Å². The molecule has 2 aliphatic heterocycles. The SMILES string of the molecule is CCOC(=O)[C@@]12C[C@H]1/C=C\CCCCC[C@H](CC(=O)OC(C)(C)C)C(=O)N1C[C@H](O)C[C@H]1C(=O)N2. The molecule has 2 amide bonds. The normalized spacial score (nSPS) is 32.9. The lowest BCUT2D eigenvalue weighted by Gasteiger charge is -2.29. The van der Waals surface area contributed by atoms with E-state index in [0.717, 1.165) is 25.7 Å². The van der Waals surface area contributed by atoms with Crippen LogP contribution in [0.2, 0.25) is 0 Å². The average Bonchev–Trinajstić information content (AvgIpc) is 3.30. The monoisotopic (exact) mass is 492 g/mol. The number of carbonyl (C=O) groups excluding carboxylic acids is 4. The third-order valence-electron chi connectivity index (χ3n) is 6.84. The maximum Gasteiger partial charge on any atom is 0.332 e. The highest BCUT2D eigenvalue weighted by molar-refractivity contribution is 5.96. The van der Waals surface area contributed by atoms with Crippen molar-refractivity contribution in [2.75, 3.05) is 13.2 Å². The number of esters is 2. The van der Waals surface area contributed by atoms with Crippen molar-refractivity contribution < 1.29 is 33.8 Å². The summed E-state index contributed by atoms with van der Waals surface area (Å²) in [4.78, 5) is 53.6. The number of amides is 2. The van der Waals surface area contributed by atoms with Crippen LogP contribution in [0.5, 0.6) is 0 Å². The van der Waals surface area contributed by atoms with Gasteiger partial charge in [-0.25, -0.2) is 4.79 Å². The van der Waals surface area contributed by atoms with Gasteiger partial charge in [-0.1, -0.05) is 25.0 Å². The number of nitrogens with one attached hydrogen (secondary N) is 1. The quantitative estimate of drug-likeness (QED) is 0.456. The van der Waals surface area contributed by atoms with Crippen LogP contribution in [0.3, 0.4) is 0 Å². The molecule has 0 bridgehead atoms. The number of aliphatic hydroxyl groups is 1. The van der Waals surface area contributed by atoms with E-state index in [0.29, 0.717) is 12.8 Å². The molecule has 9 nitrogen and oxygen atoms in total. The molecule has 0 aromatic heterocycles. The molecule has 1 aliphatic carbocycles. The number of hydrogen-bond donors (Lipinski definition) is 2. The van der Waals surface area contributed by atoms with E-state index in [1.807, 2.05) is 12.2 Å². The summed E-state index contributed by atoms with van der Waals surface area (Å²) in [5.74, 6) is -2.56. The van der Waals surface area contributed by atoms with E-state index in [2.05, 4.69) is 5.32 Å². The topological polar surface area (TPSA) is 122 Å². The molecule has 35 heavy (non-hydrogen) atoms. The highest BCUT2D eigenvalue weighted by atomic mass is 16.6. The maximum absolute atomic E-state index is 13.6. The van der Waals surface area contributed by atoms with Crippen molar-refractivity contribution in [1.29, 1.82) is 0 Å². The molecule has 1 saturated carbocycles. The molecule has 5 atom stereocenters. The molecule has 9 heteroatoms. The Kier molecular flexibility index (Phi) is 8.62. The molecule has 2 N–H and O–H groups in total. The van der Waals surface area contributed by atoms with E-state index >= 15 is 0 Å². The zero-order chi connectivity index (χ0) is 25.8. The molecule has 1 saturated heterocycles. The summed E-state index contributed by atoms with van der Waals surface area (Å²) in [6.45, 7) is 7.26. The fourth-order valence-electron chi connectivity index (χ4n) is 5.04. The highest BCUT2D eigenvalue weighted by Gasteiger charge is 2.62. The van der Waals surface area contributed by atoms with Crippen molar-refractivity contribution in [3.63, 3.8) is 0 Å². The van der Waals surface area contributed by atoms with Crippen molar-refractivity contribution in [2.24, 2.45) is 11.8 Å². The summed E-state index contributed by atoms with van der Waals surface area (Å²) in [6, 6.07) is -0.916. The van der Waals surface area contributed by atoms with Gasteiger partial charge in [-0.15, -0.1) is 0 Å². The van der Waals surface area contributed by atoms with Gasteiger partial charge in [0.05, 0.1) is 19.1 Å². The average molecular weight is 493 g/mol. The molecule has 2 fully saturated rings. The molecule has 0 unspecified atom stereocenters. The summed E-state index contributed by atoms with van der Waals surface area (Å²) in [5, 5.41) is 13.2. The molecule has 0 radical (unpaired) electrons. The minimum Gasteiger partial charge on any atom is -0.464 e. The Hall–Kier alpha value is -2.42. The van der Waals surface area contributed by atoms with E-state index < -0.39 is 47.0 Å². The van der Waals surface area contributed by atoms with Crippen molar-refractivity contribution in [3.8, 4) is 0 Å². The van der Waals surface area contributed by atoms with Gasteiger partial charge in [0.15, 0.2) is 0 Å². The lowest BCUT2D eigenvalue weighted by Crippen LogP contribution is -2.54. The molecule has 196 valence electrons. The van der Waals surface area contributed by atoms with Gasteiger partial charge >= 0.3 is 11.9 Å². The highest BCUT2D eigenvalue weighted by Crippen LogP contribution is 2.46. The van der Waals surface area contributed by atoms with Gasteiger partial charge in [-0.05, 0) is 53.4 Å². The van der Waals surface area contributed by atoms with Crippen LogP contribution in [-0.2, 0) is 28.7 Å². The maximum atomic E-state index is 13.6. The number of allylic oxidation sites excluding steroid dienone is 1. The van der Waals surface area contributed by atoms with Crippen LogP contribution in [0.15, 0.2) is 12.2 Å². The van der Waals surface area contributed by atoms with Gasteiger partial charge in [0.2, 0.25) is 11.8 Å². The second-order valence-corrected chi connectivity index (χ2v) is 10.9. The van der Waals surface area contributed by atoms with Gasteiger partial charge in [-0.3, -0.25) is 14.4 Å². The van der Waals surface area contributed by atoms with Crippen molar-refractivity contribution in [1.82, 2.24) is 10.2 Å². The smallest absolute Gasteiger partial charge is 0.332 e. The predicted octanol–water partition coefficient (Wildman–Crippen LogP) is 2.25. The molecular formula is C26H40N2O7. The molecule has 0 spiro atoms. The Morgan fingerprint density at radius 1 is 1.23 bits per heavy atom. The second kappa shape index (κ2) is 11.1. The number of fused-ring (bicyclic) bond motifs is 2. The summed E-state index contributed by atoms with van der Waals surface area (Å²) in [5.41, 5.74) is -1.80. The molecule has 3 rings (SSSR count). The number of rotatable bonds is 4. The largest absolute Gasteiger partial charge is 0.464 e. The standard InChI is InChI=1S/C26H40N2O7/c1-5-34-24(33)26-15-18(26)12-10-8-6-7-9-11-17(13-21(30)35-25(2,3)4)23(32)28-16-19(29)14-20(28)22(31)27-26/h10,12,17-20,29H,5-9,11,13-16H2,1-4H3,(H,27,31)/b12-10-/t17-,18-,19-,20+,26-/m1/s1. The first kappa shape index (κ1) is 27.2. The van der Waals surface area contributed by atoms with E-state index in [-0.39, 0.29) is 37.8 Å². The summed E-state index contributed by atoms with van der Waals surface area (Å²) < 4.78 is 10.7. The van der Waals surface area contributed by atoms with Gasteiger partial charge in [-0.2, -0.15) is 0 Å². The first-order valence-corrected chi connectivity index (χ1v) is 12.8. The summed E-state index contributed by atoms with van der Waals surface area (Å²) in [6.07, 6.45) is 7.48. The minimum absolute atomic E-state index is 0.0114. The van der Waals surface area contributed by atoms with Crippen LogP contribution in [0, 0.1) is 11.8 Å². The predicted molar refractivity (Wildman–Crippen MR) is 128 cm³/mol. The Bertz CT molecular complexity index is 849. The summed E-state index contributed by atoms with van der Waals surface area (Å²) >= 11 is 0. The molecule has 2 heterocycles. The molecule has 0 aromatic rings. The zero-order valence-electron chi connectivity index (χ0n) is 21.4. The third-order valence-corrected chi connectivity index (χ3v) is 6.84. The van der Waals surface area contributed by atoms with E-state index in [1.54, 1.807) is 27.7 Å². The number of ether oxygens (including phenoxy) is 2. The minimum atomic E-state index is -1.14. The van der Waals surface area contributed by atoms with Crippen molar-refractivity contribution >= 4 is 23.8 Å². The Balaban J connectivity index is 1.84.